The Morgan fingerprint density at radius 3 is 2.82 bits per heavy atom. The SMILES string of the molecule is COc1cc([N+](=O)[O-])ccc1-c1ccc(/C=C2\SC(=S)N(CC(=O)O)C2=O)o1. The molecule has 1 fully saturated rings. The lowest BCUT2D eigenvalue weighted by atomic mass is 10.1. The number of carbonyl (C=O) groups excluding carboxylic acids is 1. The van der Waals surface area contributed by atoms with Crippen molar-refractivity contribution in [3.8, 4) is 17.1 Å². The molecular formula is C17H12N2O7S2. The minimum absolute atomic E-state index is 0.116. The summed E-state index contributed by atoms with van der Waals surface area (Å²) in [6.45, 7) is -0.509. The number of non-ortho nitro benzene ring substituents is 1. The Hall–Kier alpha value is -3.18. The summed E-state index contributed by atoms with van der Waals surface area (Å²) >= 11 is 6.02. The number of furan rings is 1. The fourth-order valence-electron chi connectivity index (χ4n) is 2.47. The molecule has 3 rings (SSSR count). The maximum absolute atomic E-state index is 12.3. The molecule has 1 amide bonds. The molecule has 28 heavy (non-hydrogen) atoms. The fourth-order valence-corrected chi connectivity index (χ4v) is 3.71. The molecular weight excluding hydrogens is 408 g/mol. The average molecular weight is 420 g/mol. The molecule has 0 bridgehead atoms. The molecule has 1 N–H and O–H groups in total. The highest BCUT2D eigenvalue weighted by molar-refractivity contribution is 8.26. The largest absolute Gasteiger partial charge is 0.496 e. The number of nitro groups is 1. The van der Waals surface area contributed by atoms with E-state index in [4.69, 9.17) is 26.5 Å². The van der Waals surface area contributed by atoms with Crippen LogP contribution >= 0.6 is 24.0 Å². The summed E-state index contributed by atoms with van der Waals surface area (Å²) in [5, 5.41) is 19.8. The normalized spacial score (nSPS) is 15.3. The molecule has 0 spiro atoms. The maximum atomic E-state index is 12.3. The van der Waals surface area contributed by atoms with Crippen LogP contribution in [0.4, 0.5) is 5.69 Å². The number of carboxylic acid groups (broad SMARTS) is 1. The van der Waals surface area contributed by atoms with Crippen LogP contribution in [-0.4, -0.2) is 44.8 Å². The molecule has 9 nitrogen and oxygen atoms in total. The van der Waals surface area contributed by atoms with Crippen LogP contribution in [0.1, 0.15) is 5.76 Å². The van der Waals surface area contributed by atoms with Crippen molar-refractivity contribution in [1.82, 2.24) is 4.90 Å². The third kappa shape index (κ3) is 3.89. The number of ether oxygens (including phenoxy) is 1. The van der Waals surface area contributed by atoms with Crippen molar-refractivity contribution < 1.29 is 28.8 Å². The monoisotopic (exact) mass is 420 g/mol. The second kappa shape index (κ2) is 7.82. The Morgan fingerprint density at radius 1 is 1.43 bits per heavy atom. The summed E-state index contributed by atoms with van der Waals surface area (Å²) in [5.74, 6) is -0.681. The van der Waals surface area contributed by atoms with E-state index >= 15 is 0 Å². The Balaban J connectivity index is 1.88. The number of carbonyl (C=O) groups is 2. The highest BCUT2D eigenvalue weighted by Gasteiger charge is 2.33. The van der Waals surface area contributed by atoms with Crippen LogP contribution in [0.15, 0.2) is 39.7 Å². The molecule has 1 aliphatic heterocycles. The van der Waals surface area contributed by atoms with Gasteiger partial charge < -0.3 is 14.3 Å². The van der Waals surface area contributed by atoms with Crippen LogP contribution in [0, 0.1) is 10.1 Å². The molecule has 144 valence electrons. The van der Waals surface area contributed by atoms with Gasteiger partial charge in [-0.15, -0.1) is 0 Å². The average Bonchev–Trinajstić information content (AvgIpc) is 3.21. The first kappa shape index (κ1) is 19.6. The Morgan fingerprint density at radius 2 is 2.18 bits per heavy atom. The minimum atomic E-state index is -1.16. The molecule has 2 heterocycles. The van der Waals surface area contributed by atoms with Crippen molar-refractivity contribution in [1.29, 1.82) is 0 Å². The van der Waals surface area contributed by atoms with Crippen LogP contribution in [0.3, 0.4) is 0 Å². The Bertz CT molecular complexity index is 1030. The van der Waals surface area contributed by atoms with Gasteiger partial charge in [0, 0.05) is 12.1 Å². The lowest BCUT2D eigenvalue weighted by molar-refractivity contribution is -0.384. The first-order valence-corrected chi connectivity index (χ1v) is 8.92. The number of thiocarbonyl (C=S) groups is 1. The summed E-state index contributed by atoms with van der Waals surface area (Å²) in [6.07, 6.45) is 1.46. The van der Waals surface area contributed by atoms with Crippen molar-refractivity contribution in [2.75, 3.05) is 13.7 Å². The molecule has 2 aromatic rings. The van der Waals surface area contributed by atoms with Gasteiger partial charge in [0.25, 0.3) is 11.6 Å². The molecule has 1 aromatic heterocycles. The number of hydrogen-bond acceptors (Lipinski definition) is 8. The molecule has 1 saturated heterocycles. The van der Waals surface area contributed by atoms with E-state index in [0.29, 0.717) is 17.1 Å². The predicted molar refractivity (Wildman–Crippen MR) is 105 cm³/mol. The van der Waals surface area contributed by atoms with Gasteiger partial charge in [-0.05, 0) is 18.2 Å². The lowest BCUT2D eigenvalue weighted by Crippen LogP contribution is -2.33. The summed E-state index contributed by atoms with van der Waals surface area (Å²) in [4.78, 5) is 34.7. The number of nitro benzene ring substituents is 1. The lowest BCUT2D eigenvalue weighted by Gasteiger charge is -2.09. The van der Waals surface area contributed by atoms with Crippen LogP contribution in [0.25, 0.3) is 17.4 Å². The van der Waals surface area contributed by atoms with Crippen molar-refractivity contribution in [2.45, 2.75) is 0 Å². The topological polar surface area (TPSA) is 123 Å². The van der Waals surface area contributed by atoms with E-state index in [1.807, 2.05) is 0 Å². The molecule has 1 aliphatic rings. The van der Waals surface area contributed by atoms with E-state index in [1.54, 1.807) is 12.1 Å². The number of hydrogen-bond donors (Lipinski definition) is 1. The molecule has 11 heteroatoms. The second-order valence-electron chi connectivity index (χ2n) is 5.51. The third-order valence-corrected chi connectivity index (χ3v) is 5.11. The standard InChI is InChI=1S/C17H12N2O7S2/c1-25-13-6-9(19(23)24)2-4-11(13)12-5-3-10(26-12)7-14-16(22)18(8-15(20)21)17(27)28-14/h2-7H,8H2,1H3,(H,20,21)/b14-7-. The quantitative estimate of drug-likeness (QED) is 0.325. The summed E-state index contributed by atoms with van der Waals surface area (Å²) in [7, 11) is 1.39. The van der Waals surface area contributed by atoms with Gasteiger partial charge in [0.2, 0.25) is 0 Å². The van der Waals surface area contributed by atoms with Gasteiger partial charge in [-0.25, -0.2) is 0 Å². The summed E-state index contributed by atoms with van der Waals surface area (Å²) in [6, 6.07) is 7.37. The number of thioether (sulfide) groups is 1. The van der Waals surface area contributed by atoms with E-state index in [-0.39, 0.29) is 20.7 Å². The van der Waals surface area contributed by atoms with E-state index in [9.17, 15) is 19.7 Å². The van der Waals surface area contributed by atoms with Gasteiger partial charge in [-0.1, -0.05) is 24.0 Å². The first-order valence-electron chi connectivity index (χ1n) is 7.70. The van der Waals surface area contributed by atoms with Crippen molar-refractivity contribution in [3.05, 3.63) is 51.1 Å². The van der Waals surface area contributed by atoms with Crippen molar-refractivity contribution in [2.24, 2.45) is 0 Å². The molecule has 0 atom stereocenters. The van der Waals surface area contributed by atoms with Crippen LogP contribution in [0.5, 0.6) is 5.75 Å². The van der Waals surface area contributed by atoms with Gasteiger partial charge in [0.05, 0.1) is 28.6 Å². The summed E-state index contributed by atoms with van der Waals surface area (Å²) in [5.41, 5.74) is 0.390. The summed E-state index contributed by atoms with van der Waals surface area (Å²) < 4.78 is 11.1. The van der Waals surface area contributed by atoms with E-state index in [1.165, 1.54) is 31.4 Å². The number of aliphatic carboxylic acids is 1. The highest BCUT2D eigenvalue weighted by atomic mass is 32.2. The highest BCUT2D eigenvalue weighted by Crippen LogP contribution is 2.36. The molecule has 0 radical (unpaired) electrons. The van der Waals surface area contributed by atoms with Gasteiger partial charge in [0.1, 0.15) is 28.1 Å². The number of benzene rings is 1. The van der Waals surface area contributed by atoms with Crippen molar-refractivity contribution >= 4 is 51.9 Å². The number of carboxylic acids is 1. The smallest absolute Gasteiger partial charge is 0.323 e. The Labute approximate surface area is 167 Å². The third-order valence-electron chi connectivity index (χ3n) is 3.73. The predicted octanol–water partition coefficient (Wildman–Crippen LogP) is 3.15. The van der Waals surface area contributed by atoms with E-state index < -0.39 is 23.3 Å². The zero-order chi connectivity index (χ0) is 20.4. The number of methoxy groups -OCH3 is 1. The molecule has 0 saturated carbocycles. The number of rotatable bonds is 6. The van der Waals surface area contributed by atoms with Gasteiger partial charge in [0.15, 0.2) is 0 Å². The zero-order valence-electron chi connectivity index (χ0n) is 14.3. The zero-order valence-corrected chi connectivity index (χ0v) is 15.9. The van der Waals surface area contributed by atoms with Gasteiger partial charge in [-0.3, -0.25) is 24.6 Å². The Kier molecular flexibility index (Phi) is 5.47. The first-order chi connectivity index (χ1) is 13.3. The van der Waals surface area contributed by atoms with E-state index in [2.05, 4.69) is 0 Å². The van der Waals surface area contributed by atoms with Gasteiger partial charge >= 0.3 is 5.97 Å². The second-order valence-corrected chi connectivity index (χ2v) is 7.18. The van der Waals surface area contributed by atoms with Gasteiger partial charge in [-0.2, -0.15) is 0 Å². The van der Waals surface area contributed by atoms with Crippen LogP contribution in [0.2, 0.25) is 0 Å². The molecule has 0 unspecified atom stereocenters. The maximum Gasteiger partial charge on any atom is 0.323 e. The fraction of sp³-hybridized carbons (Fsp3) is 0.118. The minimum Gasteiger partial charge on any atom is -0.496 e. The van der Waals surface area contributed by atoms with E-state index in [0.717, 1.165) is 16.7 Å². The van der Waals surface area contributed by atoms with Crippen molar-refractivity contribution in [3.63, 3.8) is 0 Å². The van der Waals surface area contributed by atoms with Crippen LogP contribution in [-0.2, 0) is 9.59 Å². The number of nitrogens with zero attached hydrogens (tertiary/aromatic N) is 2. The molecule has 1 aromatic carbocycles. The number of amides is 1. The van der Waals surface area contributed by atoms with Crippen LogP contribution < -0.4 is 4.74 Å². The molecule has 0 aliphatic carbocycles.